The summed E-state index contributed by atoms with van der Waals surface area (Å²) in [6, 6.07) is 26.0. The van der Waals surface area contributed by atoms with Gasteiger partial charge < -0.3 is 10.1 Å². The van der Waals surface area contributed by atoms with Crippen LogP contribution in [-0.4, -0.2) is 21.7 Å². The molecule has 1 aliphatic heterocycles. The number of hydrogen-bond acceptors (Lipinski definition) is 4. The molecule has 1 radical (unpaired) electrons. The molecule has 3 aromatic rings. The maximum atomic E-state index is 12.4. The number of para-hydroxylation sites is 1. The number of carbonyl (C=O) groups is 1. The van der Waals surface area contributed by atoms with Crippen molar-refractivity contribution in [1.29, 1.82) is 0 Å². The molecule has 33 heavy (non-hydrogen) atoms. The third kappa shape index (κ3) is 7.21. The van der Waals surface area contributed by atoms with Crippen molar-refractivity contribution < 1.29 is 30.0 Å². The molecule has 0 unspecified atom stereocenters. The van der Waals surface area contributed by atoms with Crippen molar-refractivity contribution >= 4 is 17.3 Å². The molecule has 5 nitrogen and oxygen atoms in total. The minimum atomic E-state index is -0.268. The Bertz CT molecular complexity index is 1070. The normalized spacial score (nSPS) is 14.6. The fraction of sp³-hybridized carbons (Fsp3) is 0.222. The summed E-state index contributed by atoms with van der Waals surface area (Å²) in [5.41, 5.74) is 3.51. The van der Waals surface area contributed by atoms with E-state index in [0.717, 1.165) is 11.3 Å². The van der Waals surface area contributed by atoms with Crippen LogP contribution >= 0.6 is 0 Å². The molecule has 2 heterocycles. The van der Waals surface area contributed by atoms with Crippen LogP contribution in [0.3, 0.4) is 0 Å². The predicted molar refractivity (Wildman–Crippen MR) is 129 cm³/mol. The third-order valence-electron chi connectivity index (χ3n) is 4.66. The molecule has 1 amide bonds. The van der Waals surface area contributed by atoms with E-state index in [1.165, 1.54) is 5.01 Å². The Labute approximate surface area is 209 Å². The molecule has 0 saturated carbocycles. The van der Waals surface area contributed by atoms with Crippen LogP contribution in [0.5, 0.6) is 0 Å². The van der Waals surface area contributed by atoms with E-state index in [-0.39, 0.29) is 37.2 Å². The first-order valence-electron chi connectivity index (χ1n) is 10.5. The number of carbonyl (C=O) groups excluding carboxylic acids is 1. The number of aliphatic hydroxyl groups excluding tert-OH is 1. The number of aliphatic hydroxyl groups is 1. The van der Waals surface area contributed by atoms with Gasteiger partial charge in [-0.25, -0.2) is 0 Å². The minimum absolute atomic E-state index is 0. The van der Waals surface area contributed by atoms with E-state index in [0.29, 0.717) is 23.4 Å². The van der Waals surface area contributed by atoms with Crippen molar-refractivity contribution in [3.8, 4) is 11.3 Å². The number of pyridine rings is 1. The van der Waals surface area contributed by atoms with Gasteiger partial charge in [0.05, 0.1) is 11.4 Å². The summed E-state index contributed by atoms with van der Waals surface area (Å²) >= 11 is 0. The number of aromatic nitrogens is 1. The maximum Gasteiger partial charge on any atom is 0.284 e. The second kappa shape index (κ2) is 11.7. The number of hydrazone groups is 1. The van der Waals surface area contributed by atoms with E-state index in [1.54, 1.807) is 13.1 Å². The van der Waals surface area contributed by atoms with Crippen molar-refractivity contribution in [3.05, 3.63) is 96.4 Å². The molecule has 173 valence electrons. The largest absolute Gasteiger partial charge is 0.511 e. The maximum absolute atomic E-state index is 12.4. The van der Waals surface area contributed by atoms with Gasteiger partial charge in [0.2, 0.25) is 0 Å². The van der Waals surface area contributed by atoms with Crippen LogP contribution in [0.4, 0.5) is 5.69 Å². The molecule has 4 rings (SSSR count). The topological polar surface area (TPSA) is 65.8 Å². The molecule has 1 aromatic heterocycles. The van der Waals surface area contributed by atoms with Crippen LogP contribution in [0.25, 0.3) is 11.3 Å². The van der Waals surface area contributed by atoms with E-state index in [9.17, 15) is 9.90 Å². The molecule has 0 spiro atoms. The Kier molecular flexibility index (Phi) is 9.27. The molecule has 0 aliphatic carbocycles. The number of anilines is 1. The van der Waals surface area contributed by atoms with Gasteiger partial charge in [0, 0.05) is 32.7 Å². The van der Waals surface area contributed by atoms with E-state index in [2.05, 4.69) is 16.2 Å². The zero-order chi connectivity index (χ0) is 23.1. The summed E-state index contributed by atoms with van der Waals surface area (Å²) in [4.78, 5) is 16.7. The molecule has 1 N–H and O–H groups in total. The van der Waals surface area contributed by atoms with Crippen LogP contribution in [0.2, 0.25) is 0 Å². The molecule has 0 saturated heterocycles. The second-order valence-electron chi connectivity index (χ2n) is 8.69. The van der Waals surface area contributed by atoms with Crippen LogP contribution in [0, 0.1) is 11.5 Å². The zero-order valence-electron chi connectivity index (χ0n) is 19.2. The van der Waals surface area contributed by atoms with Gasteiger partial charge >= 0.3 is 0 Å². The van der Waals surface area contributed by atoms with Gasteiger partial charge in [-0.15, -0.1) is 35.9 Å². The quantitative estimate of drug-likeness (QED) is 0.216. The van der Waals surface area contributed by atoms with Crippen LogP contribution in [-0.2, 0) is 24.9 Å². The second-order valence-corrected chi connectivity index (χ2v) is 8.69. The van der Waals surface area contributed by atoms with Gasteiger partial charge in [0.1, 0.15) is 11.3 Å². The Balaban J connectivity index is 0.000000253. The Hall–Kier alpha value is -3.08. The summed E-state index contributed by atoms with van der Waals surface area (Å²) in [6.45, 7) is 7.80. The van der Waals surface area contributed by atoms with E-state index in [1.807, 2.05) is 93.6 Å². The van der Waals surface area contributed by atoms with Crippen molar-refractivity contribution in [2.75, 3.05) is 5.01 Å². The molecule has 0 bridgehead atoms. The first-order chi connectivity index (χ1) is 15.3. The monoisotopic (exact) mass is 619 g/mol. The van der Waals surface area contributed by atoms with E-state index < -0.39 is 0 Å². The van der Waals surface area contributed by atoms with Gasteiger partial charge in [-0.3, -0.25) is 4.79 Å². The summed E-state index contributed by atoms with van der Waals surface area (Å²) in [5, 5.41) is 15.8. The fourth-order valence-corrected chi connectivity index (χ4v) is 3.25. The summed E-state index contributed by atoms with van der Waals surface area (Å²) < 4.78 is 0. The number of allylic oxidation sites excluding steroid dienone is 1. The minimum Gasteiger partial charge on any atom is -0.511 e. The Morgan fingerprint density at radius 2 is 1.67 bits per heavy atom. The Morgan fingerprint density at radius 1 is 1.00 bits per heavy atom. The van der Waals surface area contributed by atoms with Crippen LogP contribution in [0.1, 0.15) is 34.1 Å². The van der Waals surface area contributed by atoms with E-state index in [4.69, 9.17) is 0 Å². The standard InChI is InChI=1S/C16H20N2O2.C11H8N.Ir/c1-11-14(13(19)10-16(2,3)4)15(20)18(17-11)12-8-6-5-7-9-12;1-2-6-10(7-3-1)11-8-4-5-9-12-11;/h5-9,19H,10H2,1-4H3;1-6,8-9H;/q;-1;/b14-13-;;. The molecule has 1 aliphatic rings. The van der Waals surface area contributed by atoms with Crippen LogP contribution in [0.15, 0.2) is 95.4 Å². The van der Waals surface area contributed by atoms with Crippen molar-refractivity contribution in [1.82, 2.24) is 4.98 Å². The molecule has 0 fully saturated rings. The Morgan fingerprint density at radius 3 is 2.24 bits per heavy atom. The first kappa shape index (κ1) is 26.2. The summed E-state index contributed by atoms with van der Waals surface area (Å²) in [7, 11) is 0. The van der Waals surface area contributed by atoms with Crippen molar-refractivity contribution in [3.63, 3.8) is 0 Å². The van der Waals surface area contributed by atoms with Crippen LogP contribution < -0.4 is 5.01 Å². The fourth-order valence-electron chi connectivity index (χ4n) is 3.25. The smallest absolute Gasteiger partial charge is 0.284 e. The van der Waals surface area contributed by atoms with Gasteiger partial charge in [-0.1, -0.05) is 51.1 Å². The van der Waals surface area contributed by atoms with Crippen molar-refractivity contribution in [2.45, 2.75) is 34.1 Å². The summed E-state index contributed by atoms with van der Waals surface area (Å²) in [5.74, 6) is -0.155. The van der Waals surface area contributed by atoms with Gasteiger partial charge in [-0.05, 0) is 36.2 Å². The molecular formula is C27H28IrN3O2-. The van der Waals surface area contributed by atoms with E-state index >= 15 is 0 Å². The van der Waals surface area contributed by atoms with Gasteiger partial charge in [0.15, 0.2) is 0 Å². The molecule has 2 aromatic carbocycles. The third-order valence-corrected chi connectivity index (χ3v) is 4.66. The SMILES string of the molecule is CC1=NN(c2ccccc2)C(=O)/C1=C(\O)CC(C)(C)C.[Ir].[c-]1ccccc1-c1ccccn1. The number of benzene rings is 2. The molecule has 6 heteroatoms. The first-order valence-corrected chi connectivity index (χ1v) is 10.5. The molecular weight excluding hydrogens is 591 g/mol. The summed E-state index contributed by atoms with van der Waals surface area (Å²) in [6.07, 6.45) is 2.24. The number of hydrogen-bond donors (Lipinski definition) is 1. The number of rotatable bonds is 3. The number of amides is 1. The van der Waals surface area contributed by atoms with Crippen molar-refractivity contribution in [2.24, 2.45) is 10.5 Å². The predicted octanol–water partition coefficient (Wildman–Crippen LogP) is 6.20. The number of nitrogens with zero attached hydrogens (tertiary/aromatic N) is 3. The molecule has 0 atom stereocenters. The van der Waals surface area contributed by atoms with Gasteiger partial charge in [0.25, 0.3) is 5.91 Å². The zero-order valence-corrected chi connectivity index (χ0v) is 21.6. The average Bonchev–Trinajstić information content (AvgIpc) is 3.09. The average molecular weight is 619 g/mol. The van der Waals surface area contributed by atoms with Gasteiger partial charge in [-0.2, -0.15) is 10.1 Å².